The quantitative estimate of drug-likeness (QED) is 0.682. The average Bonchev–Trinajstić information content (AvgIpc) is 2.52. The van der Waals surface area contributed by atoms with Gasteiger partial charge in [0, 0.05) is 16.7 Å². The number of carbonyl (C=O) groups excluding carboxylic acids is 3. The van der Waals surface area contributed by atoms with Crippen LogP contribution in [0.3, 0.4) is 0 Å². The average molecular weight is 315 g/mol. The predicted octanol–water partition coefficient (Wildman–Crippen LogP) is 2.83. The van der Waals surface area contributed by atoms with Crippen molar-refractivity contribution in [1.29, 1.82) is 0 Å². The van der Waals surface area contributed by atoms with E-state index < -0.39 is 5.97 Å². The fourth-order valence-corrected chi connectivity index (χ4v) is 2.91. The first kappa shape index (κ1) is 14.5. The summed E-state index contributed by atoms with van der Waals surface area (Å²) in [5.41, 5.74) is 1.49. The van der Waals surface area contributed by atoms with Gasteiger partial charge in [-0.1, -0.05) is 41.9 Å². The number of halogens is 1. The van der Waals surface area contributed by atoms with Crippen LogP contribution < -0.4 is 0 Å². The summed E-state index contributed by atoms with van der Waals surface area (Å²) in [5, 5.41) is 0.250. The summed E-state index contributed by atoms with van der Waals surface area (Å²) in [4.78, 5) is 36.9. The van der Waals surface area contributed by atoms with Gasteiger partial charge >= 0.3 is 5.97 Å². The Labute approximate surface area is 131 Å². The monoisotopic (exact) mass is 314 g/mol. The lowest BCUT2D eigenvalue weighted by atomic mass is 9.81. The minimum absolute atomic E-state index is 0.0609. The Kier molecular flexibility index (Phi) is 3.54. The highest BCUT2D eigenvalue weighted by atomic mass is 35.5. The van der Waals surface area contributed by atoms with E-state index in [0.717, 1.165) is 0 Å². The van der Waals surface area contributed by atoms with Crippen LogP contribution in [0.15, 0.2) is 36.4 Å². The third-order valence-electron chi connectivity index (χ3n) is 3.67. The van der Waals surface area contributed by atoms with Gasteiger partial charge in [0.05, 0.1) is 24.1 Å². The smallest absolute Gasteiger partial charge is 0.310 e. The van der Waals surface area contributed by atoms with E-state index in [1.807, 2.05) is 0 Å². The van der Waals surface area contributed by atoms with Crippen molar-refractivity contribution in [3.05, 3.63) is 69.2 Å². The summed E-state index contributed by atoms with van der Waals surface area (Å²) < 4.78 is 4.64. The van der Waals surface area contributed by atoms with Gasteiger partial charge in [0.15, 0.2) is 11.6 Å². The summed E-state index contributed by atoms with van der Waals surface area (Å²) in [6.45, 7) is 0. The van der Waals surface area contributed by atoms with Crippen LogP contribution >= 0.6 is 11.6 Å². The Balaban J connectivity index is 2.22. The Hall–Kier alpha value is -2.46. The van der Waals surface area contributed by atoms with Crippen LogP contribution in [0.1, 0.15) is 37.4 Å². The molecular weight excluding hydrogens is 304 g/mol. The van der Waals surface area contributed by atoms with Crippen LogP contribution in [0.2, 0.25) is 5.02 Å². The van der Waals surface area contributed by atoms with E-state index in [2.05, 4.69) is 4.74 Å². The van der Waals surface area contributed by atoms with Crippen molar-refractivity contribution < 1.29 is 19.1 Å². The van der Waals surface area contributed by atoms with Gasteiger partial charge in [0.1, 0.15) is 0 Å². The van der Waals surface area contributed by atoms with Gasteiger partial charge in [-0.15, -0.1) is 0 Å². The maximum Gasteiger partial charge on any atom is 0.310 e. The maximum atomic E-state index is 12.7. The molecular formula is C17H11ClO4. The molecule has 110 valence electrons. The Morgan fingerprint density at radius 2 is 1.59 bits per heavy atom. The number of hydrogen-bond donors (Lipinski definition) is 0. The van der Waals surface area contributed by atoms with E-state index in [0.29, 0.717) is 5.56 Å². The number of methoxy groups -OCH3 is 1. The first-order chi connectivity index (χ1) is 10.5. The summed E-state index contributed by atoms with van der Waals surface area (Å²) in [6.07, 6.45) is -0.0609. The summed E-state index contributed by atoms with van der Waals surface area (Å²) in [5.74, 6) is -1.07. The fraction of sp³-hybridized carbons (Fsp3) is 0.118. The molecule has 2 aromatic carbocycles. The van der Waals surface area contributed by atoms with Gasteiger partial charge in [-0.25, -0.2) is 0 Å². The number of benzene rings is 2. The second-order valence-corrected chi connectivity index (χ2v) is 5.32. The van der Waals surface area contributed by atoms with Crippen molar-refractivity contribution in [3.63, 3.8) is 0 Å². The van der Waals surface area contributed by atoms with Crippen molar-refractivity contribution in [3.8, 4) is 0 Å². The molecule has 4 nitrogen and oxygen atoms in total. The van der Waals surface area contributed by atoms with Gasteiger partial charge in [0.25, 0.3) is 0 Å². The van der Waals surface area contributed by atoms with Crippen molar-refractivity contribution >= 4 is 29.1 Å². The molecule has 0 saturated carbocycles. The molecule has 0 amide bonds. The summed E-state index contributed by atoms with van der Waals surface area (Å²) >= 11 is 6.07. The van der Waals surface area contributed by atoms with Gasteiger partial charge in [0.2, 0.25) is 0 Å². The molecule has 2 aromatic rings. The topological polar surface area (TPSA) is 60.4 Å². The second kappa shape index (κ2) is 5.39. The molecule has 0 heterocycles. The van der Waals surface area contributed by atoms with E-state index in [9.17, 15) is 14.4 Å². The highest BCUT2D eigenvalue weighted by Crippen LogP contribution is 2.33. The normalized spacial score (nSPS) is 12.6. The third kappa shape index (κ3) is 2.12. The van der Waals surface area contributed by atoms with Gasteiger partial charge in [-0.3, -0.25) is 14.4 Å². The first-order valence-corrected chi connectivity index (χ1v) is 6.99. The van der Waals surface area contributed by atoms with Crippen molar-refractivity contribution in [2.45, 2.75) is 6.42 Å². The lowest BCUT2D eigenvalue weighted by Crippen LogP contribution is -2.23. The minimum Gasteiger partial charge on any atom is -0.469 e. The summed E-state index contributed by atoms with van der Waals surface area (Å²) in [7, 11) is 1.28. The molecule has 1 aliphatic carbocycles. The van der Waals surface area contributed by atoms with Gasteiger partial charge < -0.3 is 4.74 Å². The van der Waals surface area contributed by atoms with Gasteiger partial charge in [-0.2, -0.15) is 0 Å². The molecule has 0 atom stereocenters. The zero-order chi connectivity index (χ0) is 15.9. The van der Waals surface area contributed by atoms with E-state index in [-0.39, 0.29) is 45.3 Å². The van der Waals surface area contributed by atoms with Crippen LogP contribution in [0.4, 0.5) is 0 Å². The number of hydrogen-bond acceptors (Lipinski definition) is 4. The summed E-state index contributed by atoms with van der Waals surface area (Å²) in [6, 6.07) is 9.64. The molecule has 3 rings (SSSR count). The van der Waals surface area contributed by atoms with Crippen LogP contribution in [0.25, 0.3) is 0 Å². The predicted molar refractivity (Wildman–Crippen MR) is 80.5 cm³/mol. The van der Waals surface area contributed by atoms with E-state index >= 15 is 0 Å². The largest absolute Gasteiger partial charge is 0.469 e. The highest BCUT2D eigenvalue weighted by molar-refractivity contribution is 6.39. The Morgan fingerprint density at radius 3 is 2.27 bits per heavy atom. The minimum atomic E-state index is -0.467. The van der Waals surface area contributed by atoms with E-state index in [1.165, 1.54) is 7.11 Å². The molecule has 0 aliphatic heterocycles. The van der Waals surface area contributed by atoms with Crippen LogP contribution in [-0.2, 0) is 16.0 Å². The molecule has 0 fully saturated rings. The molecule has 0 spiro atoms. The molecule has 0 N–H and O–H groups in total. The molecule has 1 aliphatic rings. The second-order valence-electron chi connectivity index (χ2n) is 4.91. The molecule has 22 heavy (non-hydrogen) atoms. The van der Waals surface area contributed by atoms with Crippen LogP contribution in [0, 0.1) is 0 Å². The Bertz CT molecular complexity index is 823. The lowest BCUT2D eigenvalue weighted by molar-refractivity contribution is -0.139. The van der Waals surface area contributed by atoms with E-state index in [1.54, 1.807) is 36.4 Å². The number of fused-ring (bicyclic) bond motifs is 2. The first-order valence-electron chi connectivity index (χ1n) is 6.61. The molecule has 0 aromatic heterocycles. The molecule has 5 heteroatoms. The van der Waals surface area contributed by atoms with Crippen LogP contribution in [-0.4, -0.2) is 24.6 Å². The lowest BCUT2D eigenvalue weighted by Gasteiger charge is -2.20. The SMILES string of the molecule is COC(=O)Cc1cccc2c1C(=O)c1cccc(Cl)c1C2=O. The number of esters is 1. The maximum absolute atomic E-state index is 12.7. The number of ether oxygens (including phenoxy) is 1. The number of rotatable bonds is 2. The fourth-order valence-electron chi connectivity index (χ4n) is 2.65. The number of ketones is 2. The van der Waals surface area contributed by atoms with Crippen molar-refractivity contribution in [1.82, 2.24) is 0 Å². The number of carbonyl (C=O) groups is 3. The molecule has 0 radical (unpaired) electrons. The van der Waals surface area contributed by atoms with Crippen LogP contribution in [0.5, 0.6) is 0 Å². The molecule has 0 unspecified atom stereocenters. The molecule has 0 saturated heterocycles. The van der Waals surface area contributed by atoms with Gasteiger partial charge in [-0.05, 0) is 11.6 Å². The zero-order valence-electron chi connectivity index (χ0n) is 11.7. The zero-order valence-corrected chi connectivity index (χ0v) is 12.4. The van der Waals surface area contributed by atoms with Crippen molar-refractivity contribution in [2.24, 2.45) is 0 Å². The highest BCUT2D eigenvalue weighted by Gasteiger charge is 2.33. The standard InChI is InChI=1S/C17H11ClO4/c1-22-13(19)8-9-4-2-5-10-14(9)16(20)11-6-3-7-12(18)15(11)17(10)21/h2-7H,8H2,1H3. The van der Waals surface area contributed by atoms with E-state index in [4.69, 9.17) is 11.6 Å². The third-order valence-corrected chi connectivity index (χ3v) is 3.99. The van der Waals surface area contributed by atoms with Crippen molar-refractivity contribution in [2.75, 3.05) is 7.11 Å². The molecule has 0 bridgehead atoms. The Morgan fingerprint density at radius 1 is 1.00 bits per heavy atom.